The normalized spacial score (nSPS) is 18.9. The molecule has 3 heterocycles. The number of hydrogen-bond donors (Lipinski definition) is 2. The van der Waals surface area contributed by atoms with Crippen LogP contribution in [0.4, 0.5) is 11.6 Å². The summed E-state index contributed by atoms with van der Waals surface area (Å²) in [5, 5.41) is 9.01. The summed E-state index contributed by atoms with van der Waals surface area (Å²) in [7, 11) is 1.78. The van der Waals surface area contributed by atoms with Crippen molar-refractivity contribution in [2.75, 3.05) is 11.1 Å². The predicted molar refractivity (Wildman–Crippen MR) is 67.0 cm³/mol. The molecule has 88 valence electrons. The Morgan fingerprint density at radius 1 is 1.65 bits per heavy atom. The molecule has 3 N–H and O–H groups in total. The Morgan fingerprint density at radius 2 is 2.47 bits per heavy atom. The average Bonchev–Trinajstić information content (AvgIpc) is 2.88. The van der Waals surface area contributed by atoms with Crippen molar-refractivity contribution in [3.05, 3.63) is 28.0 Å². The van der Waals surface area contributed by atoms with Gasteiger partial charge < -0.3 is 11.1 Å². The molecule has 1 aliphatic rings. The molecule has 17 heavy (non-hydrogen) atoms. The number of hydrogen-bond acceptors (Lipinski definition) is 4. The van der Waals surface area contributed by atoms with E-state index in [0.717, 1.165) is 16.3 Å². The molecular weight excluding hydrogens is 236 g/mol. The molecule has 0 saturated heterocycles. The Balaban J connectivity index is 2.17. The van der Waals surface area contributed by atoms with Crippen molar-refractivity contribution in [3.8, 4) is 0 Å². The molecule has 6 heteroatoms. The first-order chi connectivity index (χ1) is 8.16. The number of nitrogens with zero attached hydrogens (tertiary/aromatic N) is 2. The predicted octanol–water partition coefficient (Wildman–Crippen LogP) is 1.54. The summed E-state index contributed by atoms with van der Waals surface area (Å²) >= 11 is 1.64. The molecule has 0 spiro atoms. The van der Waals surface area contributed by atoms with E-state index in [2.05, 4.69) is 10.4 Å². The molecule has 1 aliphatic heterocycles. The number of nitrogens with two attached hydrogens (primary N) is 1. The van der Waals surface area contributed by atoms with Gasteiger partial charge >= 0.3 is 0 Å². The number of aromatic nitrogens is 2. The summed E-state index contributed by atoms with van der Waals surface area (Å²) in [5.41, 5.74) is 6.86. The summed E-state index contributed by atoms with van der Waals surface area (Å²) in [6.45, 7) is 0. The summed E-state index contributed by atoms with van der Waals surface area (Å²) in [6.07, 6.45) is 0.434. The second-order valence-electron chi connectivity index (χ2n) is 4.09. The minimum absolute atomic E-state index is 0.0129. The number of carbonyl (C=O) groups is 1. The van der Waals surface area contributed by atoms with Crippen LogP contribution in [-0.4, -0.2) is 15.7 Å². The number of nitrogens with one attached hydrogen (secondary N) is 1. The lowest BCUT2D eigenvalue weighted by Crippen LogP contribution is -2.24. The highest BCUT2D eigenvalue weighted by Gasteiger charge is 2.32. The fraction of sp³-hybridized carbons (Fsp3) is 0.273. The quantitative estimate of drug-likeness (QED) is 0.804. The Morgan fingerprint density at radius 3 is 3.18 bits per heavy atom. The fourth-order valence-electron chi connectivity index (χ4n) is 2.26. The summed E-state index contributed by atoms with van der Waals surface area (Å²) in [4.78, 5) is 12.9. The number of thiophene rings is 1. The largest absolute Gasteiger partial charge is 0.382 e. The van der Waals surface area contributed by atoms with E-state index < -0.39 is 0 Å². The average molecular weight is 248 g/mol. The third kappa shape index (κ3) is 1.52. The van der Waals surface area contributed by atoms with E-state index in [4.69, 9.17) is 5.73 Å². The van der Waals surface area contributed by atoms with Crippen molar-refractivity contribution in [3.63, 3.8) is 0 Å². The first-order valence-electron chi connectivity index (χ1n) is 5.32. The first kappa shape index (κ1) is 10.3. The molecule has 0 saturated carbocycles. The van der Waals surface area contributed by atoms with Crippen LogP contribution < -0.4 is 11.1 Å². The number of fused-ring (bicyclic) bond motifs is 1. The van der Waals surface area contributed by atoms with Gasteiger partial charge in [0.15, 0.2) is 5.82 Å². The Hall–Kier alpha value is -1.82. The Kier molecular flexibility index (Phi) is 2.19. The molecule has 2 aromatic heterocycles. The third-order valence-electron chi connectivity index (χ3n) is 2.99. The monoisotopic (exact) mass is 248 g/mol. The van der Waals surface area contributed by atoms with Crippen molar-refractivity contribution in [2.45, 2.75) is 12.3 Å². The standard InChI is InChI=1S/C11H12N4OS/c1-15-11-9(10(12)14-15)6(5-8(16)13-11)7-3-2-4-17-7/h2-4,6H,5H2,1H3,(H2,12,14)(H,13,16)/t6-/m1/s1. The molecule has 0 aromatic carbocycles. The van der Waals surface area contributed by atoms with E-state index in [9.17, 15) is 4.79 Å². The van der Waals surface area contributed by atoms with Gasteiger partial charge in [0.2, 0.25) is 5.91 Å². The van der Waals surface area contributed by atoms with Crippen molar-refractivity contribution >= 4 is 28.9 Å². The Bertz CT molecular complexity index is 573. The lowest BCUT2D eigenvalue weighted by molar-refractivity contribution is -0.116. The van der Waals surface area contributed by atoms with Crippen LogP contribution >= 0.6 is 11.3 Å². The zero-order chi connectivity index (χ0) is 12.0. The molecule has 0 fully saturated rings. The SMILES string of the molecule is Cn1nc(N)c2c1NC(=O)C[C@@H]2c1cccs1. The molecule has 0 bridgehead atoms. The summed E-state index contributed by atoms with van der Waals surface area (Å²) in [5.74, 6) is 1.27. The van der Waals surface area contributed by atoms with Crippen molar-refractivity contribution in [2.24, 2.45) is 7.05 Å². The van der Waals surface area contributed by atoms with Crippen LogP contribution in [0.15, 0.2) is 17.5 Å². The summed E-state index contributed by atoms with van der Waals surface area (Å²) < 4.78 is 1.63. The molecule has 0 radical (unpaired) electrons. The van der Waals surface area contributed by atoms with Gasteiger partial charge in [-0.05, 0) is 11.4 Å². The number of rotatable bonds is 1. The first-order valence-corrected chi connectivity index (χ1v) is 6.20. The van der Waals surface area contributed by atoms with Crippen LogP contribution in [0.5, 0.6) is 0 Å². The van der Waals surface area contributed by atoms with Gasteiger partial charge in [-0.1, -0.05) is 6.07 Å². The number of amides is 1. The van der Waals surface area contributed by atoms with E-state index in [0.29, 0.717) is 12.2 Å². The second-order valence-corrected chi connectivity index (χ2v) is 5.07. The molecule has 3 rings (SSSR count). The van der Waals surface area contributed by atoms with Crippen LogP contribution in [0, 0.1) is 0 Å². The smallest absolute Gasteiger partial charge is 0.226 e. The molecular formula is C11H12N4OS. The van der Waals surface area contributed by atoms with Gasteiger partial charge in [-0.15, -0.1) is 11.3 Å². The lowest BCUT2D eigenvalue weighted by Gasteiger charge is -2.22. The van der Waals surface area contributed by atoms with Crippen LogP contribution in [0.1, 0.15) is 22.8 Å². The highest BCUT2D eigenvalue weighted by atomic mass is 32.1. The van der Waals surface area contributed by atoms with E-state index in [1.54, 1.807) is 23.1 Å². The molecule has 1 atom stereocenters. The van der Waals surface area contributed by atoms with Crippen molar-refractivity contribution < 1.29 is 4.79 Å². The van der Waals surface area contributed by atoms with Gasteiger partial charge in [0.05, 0.1) is 0 Å². The van der Waals surface area contributed by atoms with Gasteiger partial charge in [-0.2, -0.15) is 5.10 Å². The van der Waals surface area contributed by atoms with Crippen LogP contribution in [0.2, 0.25) is 0 Å². The van der Waals surface area contributed by atoms with E-state index in [-0.39, 0.29) is 11.8 Å². The van der Waals surface area contributed by atoms with Crippen molar-refractivity contribution in [1.82, 2.24) is 9.78 Å². The number of nitrogen functional groups attached to an aromatic ring is 1. The maximum atomic E-state index is 11.7. The zero-order valence-corrected chi connectivity index (χ0v) is 10.1. The minimum Gasteiger partial charge on any atom is -0.382 e. The zero-order valence-electron chi connectivity index (χ0n) is 9.30. The van der Waals surface area contributed by atoms with Crippen LogP contribution in [-0.2, 0) is 11.8 Å². The lowest BCUT2D eigenvalue weighted by atomic mass is 9.92. The summed E-state index contributed by atoms with van der Waals surface area (Å²) in [6, 6.07) is 4.02. The van der Waals surface area contributed by atoms with Gasteiger partial charge in [0.25, 0.3) is 0 Å². The van der Waals surface area contributed by atoms with Gasteiger partial charge in [-0.25, -0.2) is 0 Å². The maximum absolute atomic E-state index is 11.7. The number of carbonyl (C=O) groups excluding carboxylic acids is 1. The van der Waals surface area contributed by atoms with E-state index in [1.165, 1.54) is 0 Å². The molecule has 5 nitrogen and oxygen atoms in total. The van der Waals surface area contributed by atoms with Gasteiger partial charge in [0, 0.05) is 29.8 Å². The van der Waals surface area contributed by atoms with E-state index in [1.807, 2.05) is 17.5 Å². The van der Waals surface area contributed by atoms with E-state index >= 15 is 0 Å². The number of aryl methyl sites for hydroxylation is 1. The Labute approximate surface area is 102 Å². The van der Waals surface area contributed by atoms with Gasteiger partial charge in [-0.3, -0.25) is 9.48 Å². The van der Waals surface area contributed by atoms with Crippen molar-refractivity contribution in [1.29, 1.82) is 0 Å². The second kappa shape index (κ2) is 3.59. The third-order valence-corrected chi connectivity index (χ3v) is 3.98. The fourth-order valence-corrected chi connectivity index (χ4v) is 3.09. The highest BCUT2D eigenvalue weighted by molar-refractivity contribution is 7.10. The molecule has 1 amide bonds. The van der Waals surface area contributed by atoms with Crippen LogP contribution in [0.3, 0.4) is 0 Å². The maximum Gasteiger partial charge on any atom is 0.226 e. The minimum atomic E-state index is 0.0129. The van der Waals surface area contributed by atoms with Gasteiger partial charge in [0.1, 0.15) is 5.82 Å². The van der Waals surface area contributed by atoms with Crippen LogP contribution in [0.25, 0.3) is 0 Å². The topological polar surface area (TPSA) is 72.9 Å². The molecule has 0 unspecified atom stereocenters. The molecule has 2 aromatic rings. The molecule has 0 aliphatic carbocycles. The number of anilines is 2. The highest BCUT2D eigenvalue weighted by Crippen LogP contribution is 2.41.